The molecule has 1 aromatic rings. The van der Waals surface area contributed by atoms with Crippen molar-refractivity contribution in [2.45, 2.75) is 26.0 Å². The summed E-state index contributed by atoms with van der Waals surface area (Å²) in [6.45, 7) is 5.23. The summed E-state index contributed by atoms with van der Waals surface area (Å²) in [4.78, 5) is 3.43. The molecule has 0 fully saturated rings. The SMILES string of the molecule is CN(Cc1ccc(Br)s1)CC(C)(C)O. The highest BCUT2D eigenvalue weighted by Crippen LogP contribution is 2.23. The zero-order valence-corrected chi connectivity index (χ0v) is 11.2. The van der Waals surface area contributed by atoms with Crippen molar-refractivity contribution in [2.24, 2.45) is 0 Å². The molecule has 0 aliphatic heterocycles. The van der Waals surface area contributed by atoms with E-state index in [9.17, 15) is 5.11 Å². The quantitative estimate of drug-likeness (QED) is 0.915. The lowest BCUT2D eigenvalue weighted by molar-refractivity contribution is 0.0427. The first-order valence-corrected chi connectivity index (χ1v) is 6.13. The second-order valence-corrected chi connectivity index (χ2v) is 6.74. The largest absolute Gasteiger partial charge is 0.389 e. The van der Waals surface area contributed by atoms with Gasteiger partial charge >= 0.3 is 0 Å². The third-order valence-corrected chi connectivity index (χ3v) is 3.32. The molecule has 1 N–H and O–H groups in total. The highest BCUT2D eigenvalue weighted by Gasteiger charge is 2.15. The van der Waals surface area contributed by atoms with Gasteiger partial charge in [-0.1, -0.05) is 0 Å². The van der Waals surface area contributed by atoms with Crippen LogP contribution in [0.25, 0.3) is 0 Å². The van der Waals surface area contributed by atoms with E-state index in [1.165, 1.54) is 4.88 Å². The topological polar surface area (TPSA) is 23.5 Å². The molecule has 0 aliphatic rings. The minimum Gasteiger partial charge on any atom is -0.389 e. The third-order valence-electron chi connectivity index (χ3n) is 1.71. The molecule has 1 aromatic heterocycles. The summed E-state index contributed by atoms with van der Waals surface area (Å²) in [5.74, 6) is 0. The number of hydrogen-bond donors (Lipinski definition) is 1. The second-order valence-electron chi connectivity index (χ2n) is 4.19. The maximum atomic E-state index is 9.62. The summed E-state index contributed by atoms with van der Waals surface area (Å²) in [6.07, 6.45) is 0. The summed E-state index contributed by atoms with van der Waals surface area (Å²) in [7, 11) is 2.02. The van der Waals surface area contributed by atoms with Gasteiger partial charge in [0.05, 0.1) is 9.39 Å². The van der Waals surface area contributed by atoms with Gasteiger partial charge in [0, 0.05) is 18.0 Å². The number of halogens is 1. The predicted molar refractivity (Wildman–Crippen MR) is 64.7 cm³/mol. The average Bonchev–Trinajstić information content (AvgIpc) is 2.30. The maximum absolute atomic E-state index is 9.62. The fourth-order valence-electron chi connectivity index (χ4n) is 1.42. The van der Waals surface area contributed by atoms with Crippen LogP contribution in [0.2, 0.25) is 0 Å². The number of aliphatic hydroxyl groups is 1. The molecule has 0 aromatic carbocycles. The summed E-state index contributed by atoms with van der Waals surface area (Å²) in [5, 5.41) is 9.62. The lowest BCUT2D eigenvalue weighted by atomic mass is 10.1. The van der Waals surface area contributed by atoms with Gasteiger partial charge in [0.2, 0.25) is 0 Å². The van der Waals surface area contributed by atoms with Crippen LogP contribution in [0.5, 0.6) is 0 Å². The molecule has 1 rings (SSSR count). The van der Waals surface area contributed by atoms with E-state index in [4.69, 9.17) is 0 Å². The lowest BCUT2D eigenvalue weighted by Crippen LogP contribution is -2.35. The Morgan fingerprint density at radius 1 is 1.50 bits per heavy atom. The van der Waals surface area contributed by atoms with Crippen LogP contribution < -0.4 is 0 Å². The molecule has 1 heterocycles. The van der Waals surface area contributed by atoms with E-state index in [-0.39, 0.29) is 0 Å². The van der Waals surface area contributed by atoms with Crippen molar-refractivity contribution in [3.63, 3.8) is 0 Å². The summed E-state index contributed by atoms with van der Waals surface area (Å²) < 4.78 is 1.16. The predicted octanol–water partition coefficient (Wildman–Crippen LogP) is 2.71. The van der Waals surface area contributed by atoms with Gasteiger partial charge in [-0.15, -0.1) is 11.3 Å². The smallest absolute Gasteiger partial charge is 0.0718 e. The minimum atomic E-state index is -0.622. The summed E-state index contributed by atoms with van der Waals surface area (Å²) in [5.41, 5.74) is -0.622. The van der Waals surface area contributed by atoms with Crippen LogP contribution in [-0.2, 0) is 6.54 Å². The van der Waals surface area contributed by atoms with Crippen molar-refractivity contribution in [3.8, 4) is 0 Å². The molecule has 0 spiro atoms. The molecule has 80 valence electrons. The van der Waals surface area contributed by atoms with Crippen LogP contribution in [-0.4, -0.2) is 29.2 Å². The van der Waals surface area contributed by atoms with Crippen LogP contribution in [0.1, 0.15) is 18.7 Å². The number of thiophene rings is 1. The molecule has 0 saturated heterocycles. The molecule has 0 bridgehead atoms. The first kappa shape index (κ1) is 12.2. The summed E-state index contributed by atoms with van der Waals surface area (Å²) >= 11 is 5.17. The summed E-state index contributed by atoms with van der Waals surface area (Å²) in [6, 6.07) is 4.16. The van der Waals surface area contributed by atoms with E-state index in [1.807, 2.05) is 20.9 Å². The molecule has 4 heteroatoms. The van der Waals surface area contributed by atoms with Gasteiger partial charge < -0.3 is 5.11 Å². The molecule has 0 radical (unpaired) electrons. The van der Waals surface area contributed by atoms with Gasteiger partial charge in [0.15, 0.2) is 0 Å². The molecule has 0 unspecified atom stereocenters. The Labute approximate surface area is 97.7 Å². The van der Waals surface area contributed by atoms with Gasteiger partial charge in [-0.05, 0) is 49.0 Å². The molecular weight excluding hydrogens is 262 g/mol. The van der Waals surface area contributed by atoms with Crippen LogP contribution in [0.15, 0.2) is 15.9 Å². The molecule has 14 heavy (non-hydrogen) atoms. The molecule has 2 nitrogen and oxygen atoms in total. The highest BCUT2D eigenvalue weighted by atomic mass is 79.9. The fourth-order valence-corrected chi connectivity index (χ4v) is 2.98. The van der Waals surface area contributed by atoms with Gasteiger partial charge in [0.25, 0.3) is 0 Å². The Bertz CT molecular complexity index is 293. The maximum Gasteiger partial charge on any atom is 0.0718 e. The Hall–Kier alpha value is 0.1000. The Kier molecular flexibility index (Phi) is 4.13. The Morgan fingerprint density at radius 3 is 2.57 bits per heavy atom. The van der Waals surface area contributed by atoms with Crippen molar-refractivity contribution >= 4 is 27.3 Å². The van der Waals surface area contributed by atoms with E-state index in [2.05, 4.69) is 33.0 Å². The second kappa shape index (κ2) is 4.75. The van der Waals surface area contributed by atoms with Crippen molar-refractivity contribution in [1.29, 1.82) is 0 Å². The number of hydrogen-bond acceptors (Lipinski definition) is 3. The fraction of sp³-hybridized carbons (Fsp3) is 0.600. The Morgan fingerprint density at radius 2 is 2.14 bits per heavy atom. The average molecular weight is 278 g/mol. The standard InChI is InChI=1S/C10H16BrNOS/c1-10(2,13)7-12(3)6-8-4-5-9(11)14-8/h4-5,13H,6-7H2,1-3H3. The van der Waals surface area contributed by atoms with E-state index < -0.39 is 5.60 Å². The lowest BCUT2D eigenvalue weighted by Gasteiger charge is -2.24. The van der Waals surface area contributed by atoms with Gasteiger partial charge in [-0.2, -0.15) is 0 Å². The Balaban J connectivity index is 2.45. The van der Waals surface area contributed by atoms with Gasteiger partial charge in [-0.25, -0.2) is 0 Å². The number of nitrogens with zero attached hydrogens (tertiary/aromatic N) is 1. The molecule has 0 saturated carbocycles. The highest BCUT2D eigenvalue weighted by molar-refractivity contribution is 9.11. The van der Waals surface area contributed by atoms with Crippen molar-refractivity contribution in [3.05, 3.63) is 20.8 Å². The van der Waals surface area contributed by atoms with Crippen molar-refractivity contribution < 1.29 is 5.11 Å². The normalized spacial score (nSPS) is 12.4. The molecule has 0 aliphatic carbocycles. The van der Waals surface area contributed by atoms with E-state index >= 15 is 0 Å². The first-order valence-electron chi connectivity index (χ1n) is 4.52. The molecule has 0 amide bonds. The number of likely N-dealkylation sites (N-methyl/N-ethyl adjacent to an activating group) is 1. The van der Waals surface area contributed by atoms with Crippen LogP contribution >= 0.6 is 27.3 Å². The zero-order chi connectivity index (χ0) is 10.8. The zero-order valence-electron chi connectivity index (χ0n) is 8.75. The van der Waals surface area contributed by atoms with E-state index in [0.717, 1.165) is 10.3 Å². The molecular formula is C10H16BrNOS. The van der Waals surface area contributed by atoms with Crippen molar-refractivity contribution in [1.82, 2.24) is 4.90 Å². The van der Waals surface area contributed by atoms with Gasteiger partial charge in [0.1, 0.15) is 0 Å². The van der Waals surface area contributed by atoms with E-state index in [0.29, 0.717) is 6.54 Å². The first-order chi connectivity index (χ1) is 6.37. The number of rotatable bonds is 4. The van der Waals surface area contributed by atoms with Crippen LogP contribution in [0, 0.1) is 0 Å². The van der Waals surface area contributed by atoms with Gasteiger partial charge in [-0.3, -0.25) is 4.90 Å². The molecule has 0 atom stereocenters. The van der Waals surface area contributed by atoms with Crippen LogP contribution in [0.3, 0.4) is 0 Å². The van der Waals surface area contributed by atoms with Crippen LogP contribution in [0.4, 0.5) is 0 Å². The minimum absolute atomic E-state index is 0.622. The third kappa shape index (κ3) is 4.55. The van der Waals surface area contributed by atoms with E-state index in [1.54, 1.807) is 11.3 Å². The van der Waals surface area contributed by atoms with Crippen molar-refractivity contribution in [2.75, 3.05) is 13.6 Å². The monoisotopic (exact) mass is 277 g/mol.